The number of nitrogens with one attached hydrogen (secondary N) is 1. The lowest BCUT2D eigenvalue weighted by Crippen LogP contribution is -2.28. The third-order valence-electron chi connectivity index (χ3n) is 3.80. The standard InChI is InChI=1S/C15H28BrN3/c1-5-8-9-12(7-3)14(17-4)15-13(16)11-18-19(15)10-6-2/h11-12,14,17H,5-10H2,1-4H3. The van der Waals surface area contributed by atoms with Crippen LogP contribution >= 0.6 is 15.9 Å². The van der Waals surface area contributed by atoms with Gasteiger partial charge in [-0.1, -0.05) is 40.0 Å². The average molecular weight is 330 g/mol. The molecule has 0 saturated heterocycles. The molecule has 0 bridgehead atoms. The number of aryl methyl sites for hydroxylation is 1. The second-order valence-corrected chi connectivity index (χ2v) is 6.03. The summed E-state index contributed by atoms with van der Waals surface area (Å²) in [7, 11) is 2.06. The van der Waals surface area contributed by atoms with Crippen LogP contribution in [-0.2, 0) is 6.54 Å². The zero-order chi connectivity index (χ0) is 14.3. The number of aromatic nitrogens is 2. The minimum absolute atomic E-state index is 0.389. The van der Waals surface area contributed by atoms with Crippen molar-refractivity contribution in [3.05, 3.63) is 16.4 Å². The molecule has 0 spiro atoms. The summed E-state index contributed by atoms with van der Waals surface area (Å²) in [6.45, 7) is 7.74. The molecule has 1 aromatic heterocycles. The van der Waals surface area contributed by atoms with Gasteiger partial charge in [-0.3, -0.25) is 4.68 Å². The molecule has 2 atom stereocenters. The number of hydrogen-bond donors (Lipinski definition) is 1. The summed E-state index contributed by atoms with van der Waals surface area (Å²) in [5.41, 5.74) is 1.31. The van der Waals surface area contributed by atoms with Crippen molar-refractivity contribution in [1.82, 2.24) is 15.1 Å². The van der Waals surface area contributed by atoms with Crippen LogP contribution in [0.4, 0.5) is 0 Å². The number of hydrogen-bond acceptors (Lipinski definition) is 2. The molecule has 0 aliphatic rings. The van der Waals surface area contributed by atoms with E-state index in [9.17, 15) is 0 Å². The van der Waals surface area contributed by atoms with Gasteiger partial charge in [0.15, 0.2) is 0 Å². The number of unbranched alkanes of at least 4 members (excludes halogenated alkanes) is 1. The fourth-order valence-electron chi connectivity index (χ4n) is 2.74. The predicted molar refractivity (Wildman–Crippen MR) is 85.3 cm³/mol. The molecule has 0 amide bonds. The van der Waals surface area contributed by atoms with Gasteiger partial charge in [0.2, 0.25) is 0 Å². The molecule has 1 N–H and O–H groups in total. The van der Waals surface area contributed by atoms with Crippen LogP contribution in [-0.4, -0.2) is 16.8 Å². The Morgan fingerprint density at radius 1 is 1.32 bits per heavy atom. The van der Waals surface area contributed by atoms with Crippen molar-refractivity contribution >= 4 is 15.9 Å². The molecule has 0 aromatic carbocycles. The van der Waals surface area contributed by atoms with E-state index in [2.05, 4.69) is 58.8 Å². The fourth-order valence-corrected chi connectivity index (χ4v) is 3.28. The first kappa shape index (κ1) is 16.7. The van der Waals surface area contributed by atoms with E-state index in [1.807, 2.05) is 6.20 Å². The molecule has 0 aliphatic carbocycles. The Hall–Kier alpha value is -0.350. The van der Waals surface area contributed by atoms with E-state index >= 15 is 0 Å². The maximum Gasteiger partial charge on any atom is 0.0698 e. The van der Waals surface area contributed by atoms with E-state index in [4.69, 9.17) is 0 Å². The van der Waals surface area contributed by atoms with Crippen molar-refractivity contribution in [3.8, 4) is 0 Å². The van der Waals surface area contributed by atoms with Crippen LogP contribution in [0.15, 0.2) is 10.7 Å². The number of halogens is 1. The summed E-state index contributed by atoms with van der Waals surface area (Å²) >= 11 is 3.67. The third-order valence-corrected chi connectivity index (χ3v) is 4.41. The minimum atomic E-state index is 0.389. The highest BCUT2D eigenvalue weighted by Crippen LogP contribution is 2.33. The van der Waals surface area contributed by atoms with Crippen LogP contribution in [0.3, 0.4) is 0 Å². The van der Waals surface area contributed by atoms with E-state index in [1.54, 1.807) is 0 Å². The summed E-state index contributed by atoms with van der Waals surface area (Å²) in [5.74, 6) is 0.675. The molecule has 4 heteroatoms. The Labute approximate surface area is 126 Å². The topological polar surface area (TPSA) is 29.9 Å². The van der Waals surface area contributed by atoms with E-state index in [0.29, 0.717) is 12.0 Å². The minimum Gasteiger partial charge on any atom is -0.311 e. The molecule has 0 fully saturated rings. The molecule has 19 heavy (non-hydrogen) atoms. The van der Waals surface area contributed by atoms with Gasteiger partial charge in [-0.2, -0.15) is 5.10 Å². The normalized spacial score (nSPS) is 14.6. The van der Waals surface area contributed by atoms with Crippen LogP contribution in [0.5, 0.6) is 0 Å². The van der Waals surface area contributed by atoms with Gasteiger partial charge in [-0.25, -0.2) is 0 Å². The van der Waals surface area contributed by atoms with E-state index < -0.39 is 0 Å². The smallest absolute Gasteiger partial charge is 0.0698 e. The van der Waals surface area contributed by atoms with Crippen LogP contribution in [0.2, 0.25) is 0 Å². The molecule has 0 radical (unpaired) electrons. The van der Waals surface area contributed by atoms with Crippen molar-refractivity contribution in [3.63, 3.8) is 0 Å². The van der Waals surface area contributed by atoms with Gasteiger partial charge in [0.1, 0.15) is 0 Å². The van der Waals surface area contributed by atoms with Crippen LogP contribution in [0, 0.1) is 5.92 Å². The van der Waals surface area contributed by atoms with Crippen LogP contribution in [0.25, 0.3) is 0 Å². The average Bonchev–Trinajstić information content (AvgIpc) is 2.77. The Balaban J connectivity index is 2.96. The first-order valence-corrected chi connectivity index (χ1v) is 8.37. The molecule has 1 heterocycles. The molecular weight excluding hydrogens is 302 g/mol. The van der Waals surface area contributed by atoms with E-state index in [0.717, 1.165) is 17.4 Å². The SMILES string of the molecule is CCCCC(CC)C(NC)c1c(Br)cnn1CCC. The molecule has 3 nitrogen and oxygen atoms in total. The largest absolute Gasteiger partial charge is 0.311 e. The Bertz CT molecular complexity index is 362. The summed E-state index contributed by atoms with van der Waals surface area (Å²) in [5, 5.41) is 8.01. The summed E-state index contributed by atoms with van der Waals surface area (Å²) in [4.78, 5) is 0. The maximum atomic E-state index is 4.50. The highest BCUT2D eigenvalue weighted by atomic mass is 79.9. The first-order chi connectivity index (χ1) is 9.19. The fraction of sp³-hybridized carbons (Fsp3) is 0.800. The van der Waals surface area contributed by atoms with Gasteiger partial charge >= 0.3 is 0 Å². The van der Waals surface area contributed by atoms with Gasteiger partial charge in [0.05, 0.1) is 22.4 Å². The van der Waals surface area contributed by atoms with Crippen LogP contribution < -0.4 is 5.32 Å². The van der Waals surface area contributed by atoms with Gasteiger partial charge in [-0.15, -0.1) is 0 Å². The van der Waals surface area contributed by atoms with Crippen LogP contribution in [0.1, 0.15) is 64.6 Å². The highest BCUT2D eigenvalue weighted by molar-refractivity contribution is 9.10. The van der Waals surface area contributed by atoms with Crippen molar-refractivity contribution < 1.29 is 0 Å². The molecule has 1 aromatic rings. The Morgan fingerprint density at radius 2 is 2.05 bits per heavy atom. The summed E-state index contributed by atoms with van der Waals surface area (Å²) < 4.78 is 3.29. The second-order valence-electron chi connectivity index (χ2n) is 5.18. The zero-order valence-corrected chi connectivity index (χ0v) is 14.3. The Kier molecular flexibility index (Phi) is 7.69. The van der Waals surface area contributed by atoms with Gasteiger partial charge in [-0.05, 0) is 41.7 Å². The van der Waals surface area contributed by atoms with Crippen molar-refractivity contribution in [1.29, 1.82) is 0 Å². The van der Waals surface area contributed by atoms with E-state index in [-0.39, 0.29) is 0 Å². The summed E-state index contributed by atoms with van der Waals surface area (Å²) in [6.07, 6.45) is 8.10. The molecular formula is C15H28BrN3. The van der Waals surface area contributed by atoms with Gasteiger partial charge < -0.3 is 5.32 Å². The van der Waals surface area contributed by atoms with Gasteiger partial charge in [0.25, 0.3) is 0 Å². The van der Waals surface area contributed by atoms with Crippen molar-refractivity contribution in [2.24, 2.45) is 5.92 Å². The van der Waals surface area contributed by atoms with Crippen molar-refractivity contribution in [2.75, 3.05) is 7.05 Å². The first-order valence-electron chi connectivity index (χ1n) is 7.57. The predicted octanol–water partition coefficient (Wildman–Crippen LogP) is 4.53. The van der Waals surface area contributed by atoms with E-state index in [1.165, 1.54) is 31.4 Å². The molecule has 110 valence electrons. The molecule has 0 aliphatic heterocycles. The van der Waals surface area contributed by atoms with Crippen molar-refractivity contribution in [2.45, 2.75) is 65.5 Å². The number of rotatable bonds is 9. The molecule has 0 saturated carbocycles. The number of nitrogens with zero attached hydrogens (tertiary/aromatic N) is 2. The highest BCUT2D eigenvalue weighted by Gasteiger charge is 2.25. The zero-order valence-electron chi connectivity index (χ0n) is 12.7. The molecule has 2 unspecified atom stereocenters. The monoisotopic (exact) mass is 329 g/mol. The lowest BCUT2D eigenvalue weighted by molar-refractivity contribution is 0.320. The lowest BCUT2D eigenvalue weighted by Gasteiger charge is -2.27. The maximum absolute atomic E-state index is 4.50. The second kappa shape index (κ2) is 8.75. The summed E-state index contributed by atoms with van der Waals surface area (Å²) in [6, 6.07) is 0.389. The lowest BCUT2D eigenvalue weighted by atomic mass is 9.89. The van der Waals surface area contributed by atoms with Gasteiger partial charge in [0, 0.05) is 6.54 Å². The third kappa shape index (κ3) is 4.32. The quantitative estimate of drug-likeness (QED) is 0.721. The molecule has 1 rings (SSSR count). The Morgan fingerprint density at radius 3 is 2.58 bits per heavy atom.